The Balaban J connectivity index is 1.70. The van der Waals surface area contributed by atoms with Crippen LogP contribution in [0.4, 0.5) is 0 Å². The molecule has 0 radical (unpaired) electrons. The van der Waals surface area contributed by atoms with E-state index < -0.39 is 16.7 Å². The van der Waals surface area contributed by atoms with Crippen molar-refractivity contribution in [2.45, 2.75) is 83.3 Å². The molecule has 0 bridgehead atoms. The molecule has 0 N–H and O–H groups in total. The molecule has 3 saturated carbocycles. The highest BCUT2D eigenvalue weighted by Crippen LogP contribution is 2.70. The lowest BCUT2D eigenvalue weighted by Gasteiger charge is -2.63. The Bertz CT molecular complexity index is 910. The number of allylic oxidation sites excluding steroid dienone is 1. The Morgan fingerprint density at radius 2 is 1.88 bits per heavy atom. The van der Waals surface area contributed by atoms with Crippen molar-refractivity contribution in [2.75, 3.05) is 6.61 Å². The number of ether oxygens (including phenoxy) is 1. The molecule has 7 atom stereocenters. The van der Waals surface area contributed by atoms with Gasteiger partial charge in [-0.1, -0.05) is 19.4 Å². The number of rotatable bonds is 6. The number of esters is 1. The second kappa shape index (κ2) is 8.54. The van der Waals surface area contributed by atoms with Crippen LogP contribution in [0.3, 0.4) is 0 Å². The van der Waals surface area contributed by atoms with Gasteiger partial charge >= 0.3 is 5.97 Å². The van der Waals surface area contributed by atoms with Crippen LogP contribution in [-0.4, -0.2) is 34.9 Å². The van der Waals surface area contributed by atoms with Gasteiger partial charge in [0.15, 0.2) is 11.6 Å². The van der Waals surface area contributed by atoms with E-state index in [1.165, 1.54) is 6.92 Å². The maximum atomic E-state index is 13.0. The van der Waals surface area contributed by atoms with E-state index in [2.05, 4.69) is 13.8 Å². The van der Waals surface area contributed by atoms with Crippen LogP contribution >= 0.6 is 12.6 Å². The fraction of sp³-hybridized carbons (Fsp3) is 0.769. The van der Waals surface area contributed by atoms with Crippen molar-refractivity contribution in [1.29, 1.82) is 0 Å². The average molecular weight is 476 g/mol. The topological polar surface area (TPSA) is 101 Å². The zero-order valence-electron chi connectivity index (χ0n) is 19.9. The smallest absolute Gasteiger partial charge is 0.303 e. The Labute approximate surface area is 201 Å². The highest BCUT2D eigenvalue weighted by atomic mass is 32.1. The first-order valence-corrected chi connectivity index (χ1v) is 12.7. The van der Waals surface area contributed by atoms with Gasteiger partial charge in [0, 0.05) is 30.0 Å². The Morgan fingerprint density at radius 3 is 2.55 bits per heavy atom. The number of carbonyl (C=O) groups is 4. The van der Waals surface area contributed by atoms with Gasteiger partial charge in [0.25, 0.3) is 0 Å². The number of ketones is 2. The van der Waals surface area contributed by atoms with Crippen molar-refractivity contribution < 1.29 is 29.0 Å². The van der Waals surface area contributed by atoms with E-state index >= 15 is 0 Å². The van der Waals surface area contributed by atoms with Crippen LogP contribution in [0, 0.1) is 34.5 Å². The lowest BCUT2D eigenvalue weighted by Crippen LogP contribution is -2.59. The van der Waals surface area contributed by atoms with Gasteiger partial charge in [0.1, 0.15) is 6.61 Å². The molecular weight excluding hydrogens is 440 g/mol. The molecule has 0 aromatic carbocycles. The molecule has 1 unspecified atom stereocenters. The molecular formula is C26H35O6S-. The third-order valence-electron chi connectivity index (χ3n) is 9.73. The summed E-state index contributed by atoms with van der Waals surface area (Å²) >= 11 is 5.20. The molecule has 4 aliphatic rings. The van der Waals surface area contributed by atoms with E-state index in [1.54, 1.807) is 6.08 Å². The third-order valence-corrected chi connectivity index (χ3v) is 10.4. The zero-order valence-corrected chi connectivity index (χ0v) is 20.7. The Morgan fingerprint density at radius 1 is 1.15 bits per heavy atom. The summed E-state index contributed by atoms with van der Waals surface area (Å²) in [5, 5.41) is 11.4. The Kier molecular flexibility index (Phi) is 6.34. The van der Waals surface area contributed by atoms with Crippen molar-refractivity contribution >= 4 is 36.1 Å². The highest BCUT2D eigenvalue weighted by Gasteiger charge is 2.65. The number of carboxylic acids is 1. The SMILES string of the molecule is CC(=O)OCC(=O)[C@H]1CC[C@H]2[C@H]3[C@H](CC[C@]12C)[C@@]1(C)CCC(=O)C=C1CC3(S)CCC(=O)[O-]. The van der Waals surface area contributed by atoms with Gasteiger partial charge in [-0.05, 0) is 86.0 Å². The number of carbonyl (C=O) groups excluding carboxylic acids is 4. The van der Waals surface area contributed by atoms with Gasteiger partial charge < -0.3 is 14.6 Å². The lowest BCUT2D eigenvalue weighted by molar-refractivity contribution is -0.306. The van der Waals surface area contributed by atoms with E-state index in [0.29, 0.717) is 25.2 Å². The van der Waals surface area contributed by atoms with Crippen LogP contribution in [0.1, 0.15) is 78.6 Å². The molecule has 0 aliphatic heterocycles. The minimum atomic E-state index is -1.08. The predicted molar refractivity (Wildman–Crippen MR) is 123 cm³/mol. The number of thiol groups is 1. The fourth-order valence-corrected chi connectivity index (χ4v) is 8.72. The zero-order chi connectivity index (χ0) is 24.2. The second-order valence-electron chi connectivity index (χ2n) is 11.4. The molecule has 0 spiro atoms. The molecule has 0 amide bonds. The normalized spacial score (nSPS) is 41.9. The van der Waals surface area contributed by atoms with E-state index in [1.807, 2.05) is 0 Å². The molecule has 7 heteroatoms. The molecule has 4 rings (SSSR count). The minimum absolute atomic E-state index is 0.0148. The largest absolute Gasteiger partial charge is 0.550 e. The quantitative estimate of drug-likeness (QED) is 0.468. The van der Waals surface area contributed by atoms with Gasteiger partial charge in [0.2, 0.25) is 0 Å². The molecule has 0 saturated heterocycles. The standard InChI is InChI=1S/C26H36O6S/c1-15(27)32-14-21(29)18-4-5-19-23-20(7-10-25(18,19)3)24(2)9-6-17(28)12-16(24)13-26(23,33)11-8-22(30)31/h12,18-20,23,33H,4-11,13-14H2,1-3H3,(H,30,31)/p-1/t18-,19+,20+,23+,24+,25-,26?/m1/s1. The van der Waals surface area contributed by atoms with Crippen molar-refractivity contribution in [3.05, 3.63) is 11.6 Å². The van der Waals surface area contributed by atoms with Gasteiger partial charge in [-0.15, -0.1) is 0 Å². The van der Waals surface area contributed by atoms with Crippen LogP contribution < -0.4 is 5.11 Å². The van der Waals surface area contributed by atoms with Crippen LogP contribution in [0.2, 0.25) is 0 Å². The van der Waals surface area contributed by atoms with Crippen molar-refractivity contribution in [2.24, 2.45) is 34.5 Å². The van der Waals surface area contributed by atoms with Crippen LogP contribution in [0.25, 0.3) is 0 Å². The highest BCUT2D eigenvalue weighted by molar-refractivity contribution is 7.81. The molecule has 33 heavy (non-hydrogen) atoms. The molecule has 4 aliphatic carbocycles. The molecule has 3 fully saturated rings. The maximum Gasteiger partial charge on any atom is 0.303 e. The van der Waals surface area contributed by atoms with Crippen molar-refractivity contribution in [3.63, 3.8) is 0 Å². The maximum absolute atomic E-state index is 13.0. The summed E-state index contributed by atoms with van der Waals surface area (Å²) in [6.45, 7) is 5.60. The average Bonchev–Trinajstić information content (AvgIpc) is 3.09. The first kappa shape index (κ1) is 24.5. The summed E-state index contributed by atoms with van der Waals surface area (Å²) in [5.41, 5.74) is 0.807. The molecule has 0 heterocycles. The predicted octanol–water partition coefficient (Wildman–Crippen LogP) is 3.08. The first-order valence-electron chi connectivity index (χ1n) is 12.2. The summed E-state index contributed by atoms with van der Waals surface area (Å²) in [5.74, 6) is -0.882. The summed E-state index contributed by atoms with van der Waals surface area (Å²) < 4.78 is 4.47. The van der Waals surface area contributed by atoms with E-state index in [-0.39, 0.29) is 53.2 Å². The van der Waals surface area contributed by atoms with Crippen LogP contribution in [0.15, 0.2) is 11.6 Å². The summed E-state index contributed by atoms with van der Waals surface area (Å²) in [7, 11) is 0. The van der Waals surface area contributed by atoms with Crippen LogP contribution in [-0.2, 0) is 23.9 Å². The minimum Gasteiger partial charge on any atom is -0.550 e. The Hall–Kier alpha value is -1.63. The lowest BCUT2D eigenvalue weighted by atomic mass is 9.43. The number of carboxylic acid groups (broad SMARTS) is 1. The number of Topliss-reactive ketones (excluding diaryl/α,β-unsaturated/α-hetero) is 1. The van der Waals surface area contributed by atoms with Gasteiger partial charge in [-0.2, -0.15) is 12.6 Å². The fourth-order valence-electron chi connectivity index (χ4n) is 8.08. The van der Waals surface area contributed by atoms with Gasteiger partial charge in [0.05, 0.1) is 0 Å². The number of aliphatic carboxylic acids is 1. The summed E-state index contributed by atoms with van der Waals surface area (Å²) in [4.78, 5) is 48.0. The molecule has 0 aromatic heterocycles. The van der Waals surface area contributed by atoms with Crippen molar-refractivity contribution in [3.8, 4) is 0 Å². The van der Waals surface area contributed by atoms with E-state index in [9.17, 15) is 24.3 Å². The van der Waals surface area contributed by atoms with Gasteiger partial charge in [-0.25, -0.2) is 0 Å². The van der Waals surface area contributed by atoms with E-state index in [4.69, 9.17) is 17.4 Å². The van der Waals surface area contributed by atoms with Gasteiger partial charge in [-0.3, -0.25) is 14.4 Å². The number of fused-ring (bicyclic) bond motifs is 5. The summed E-state index contributed by atoms with van der Waals surface area (Å²) in [6.07, 6.45) is 7.56. The summed E-state index contributed by atoms with van der Waals surface area (Å²) in [6, 6.07) is 0. The molecule has 182 valence electrons. The number of hydrogen-bond donors (Lipinski definition) is 1. The molecule has 0 aromatic rings. The molecule has 6 nitrogen and oxygen atoms in total. The monoisotopic (exact) mass is 475 g/mol. The van der Waals surface area contributed by atoms with Crippen LogP contribution in [0.5, 0.6) is 0 Å². The number of hydrogen-bond acceptors (Lipinski definition) is 7. The second-order valence-corrected chi connectivity index (χ2v) is 12.3. The first-order chi connectivity index (χ1) is 15.4. The van der Waals surface area contributed by atoms with E-state index in [0.717, 1.165) is 37.7 Å². The third kappa shape index (κ3) is 4.08. The van der Waals surface area contributed by atoms with Crippen molar-refractivity contribution in [1.82, 2.24) is 0 Å².